The van der Waals surface area contributed by atoms with Gasteiger partial charge in [-0.05, 0) is 49.2 Å². The summed E-state index contributed by atoms with van der Waals surface area (Å²) in [6.07, 6.45) is 1.65. The van der Waals surface area contributed by atoms with Crippen LogP contribution in [0, 0.1) is 13.8 Å². The number of methoxy groups -OCH3 is 2. The molecular formula is C22H23N3O3. The fraction of sp³-hybridized carbons (Fsp3) is 0.182. The lowest BCUT2D eigenvalue weighted by Gasteiger charge is -2.13. The molecule has 0 fully saturated rings. The predicted molar refractivity (Wildman–Crippen MR) is 111 cm³/mol. The fourth-order valence-corrected chi connectivity index (χ4v) is 2.87. The minimum Gasteiger partial charge on any atom is -0.493 e. The van der Waals surface area contributed by atoms with Crippen LogP contribution in [0.15, 0.2) is 54.7 Å². The van der Waals surface area contributed by atoms with Crippen LogP contribution >= 0.6 is 0 Å². The number of nitrogens with zero attached hydrogens (tertiary/aromatic N) is 1. The summed E-state index contributed by atoms with van der Waals surface area (Å²) >= 11 is 0. The number of carbonyl (C=O) groups is 1. The quantitative estimate of drug-likeness (QED) is 0.651. The van der Waals surface area contributed by atoms with Crippen LogP contribution < -0.4 is 20.1 Å². The van der Waals surface area contributed by atoms with Gasteiger partial charge < -0.3 is 20.1 Å². The third-order valence-corrected chi connectivity index (χ3v) is 4.39. The molecule has 0 bridgehead atoms. The van der Waals surface area contributed by atoms with E-state index in [4.69, 9.17) is 9.47 Å². The largest absolute Gasteiger partial charge is 0.493 e. The highest BCUT2D eigenvalue weighted by atomic mass is 16.5. The number of anilines is 3. The summed E-state index contributed by atoms with van der Waals surface area (Å²) in [5.41, 5.74) is 5.08. The van der Waals surface area contributed by atoms with Gasteiger partial charge in [0.25, 0.3) is 5.91 Å². The van der Waals surface area contributed by atoms with Gasteiger partial charge in [0.1, 0.15) is 5.69 Å². The number of carbonyl (C=O) groups excluding carboxylic acids is 1. The number of hydrogen-bond acceptors (Lipinski definition) is 5. The van der Waals surface area contributed by atoms with Crippen LogP contribution in [0.1, 0.15) is 21.6 Å². The number of ether oxygens (including phenoxy) is 2. The molecule has 0 radical (unpaired) electrons. The molecule has 0 aliphatic carbocycles. The van der Waals surface area contributed by atoms with Gasteiger partial charge in [0, 0.05) is 17.4 Å². The third-order valence-electron chi connectivity index (χ3n) is 4.39. The topological polar surface area (TPSA) is 72.5 Å². The summed E-state index contributed by atoms with van der Waals surface area (Å²) in [4.78, 5) is 16.8. The van der Waals surface area contributed by atoms with E-state index in [1.165, 1.54) is 0 Å². The molecule has 3 aromatic rings. The molecule has 2 aromatic carbocycles. The van der Waals surface area contributed by atoms with Crippen LogP contribution in [0.4, 0.5) is 17.1 Å². The maximum atomic E-state index is 12.5. The van der Waals surface area contributed by atoms with Crippen molar-refractivity contribution in [3.05, 3.63) is 71.5 Å². The van der Waals surface area contributed by atoms with Gasteiger partial charge in [-0.2, -0.15) is 0 Å². The first-order valence-electron chi connectivity index (χ1n) is 8.84. The van der Waals surface area contributed by atoms with Crippen LogP contribution in [0.3, 0.4) is 0 Å². The molecule has 6 nitrogen and oxygen atoms in total. The summed E-state index contributed by atoms with van der Waals surface area (Å²) in [5.74, 6) is 0.841. The second-order valence-corrected chi connectivity index (χ2v) is 6.35. The SMILES string of the molecule is COc1ccc(NC(=O)c2ccc(Nc3c(C)cccc3C)cn2)cc1OC. The minimum atomic E-state index is -0.300. The van der Waals surface area contributed by atoms with Crippen LogP contribution in [-0.4, -0.2) is 25.1 Å². The second kappa shape index (κ2) is 8.43. The molecule has 144 valence electrons. The average Bonchev–Trinajstić information content (AvgIpc) is 2.71. The first-order chi connectivity index (χ1) is 13.5. The van der Waals surface area contributed by atoms with Gasteiger partial charge in [-0.15, -0.1) is 0 Å². The summed E-state index contributed by atoms with van der Waals surface area (Å²) in [6, 6.07) is 14.8. The lowest BCUT2D eigenvalue weighted by atomic mass is 10.1. The first kappa shape index (κ1) is 19.2. The number of benzene rings is 2. The van der Waals surface area contributed by atoms with Crippen molar-refractivity contribution in [3.63, 3.8) is 0 Å². The highest BCUT2D eigenvalue weighted by molar-refractivity contribution is 6.03. The van der Waals surface area contributed by atoms with E-state index in [0.717, 1.165) is 22.5 Å². The monoisotopic (exact) mass is 377 g/mol. The molecule has 6 heteroatoms. The van der Waals surface area contributed by atoms with Crippen molar-refractivity contribution in [2.24, 2.45) is 0 Å². The van der Waals surface area contributed by atoms with E-state index in [9.17, 15) is 4.79 Å². The van der Waals surface area contributed by atoms with Gasteiger partial charge >= 0.3 is 0 Å². The maximum absolute atomic E-state index is 12.5. The maximum Gasteiger partial charge on any atom is 0.274 e. The zero-order chi connectivity index (χ0) is 20.1. The predicted octanol–water partition coefficient (Wildman–Crippen LogP) is 4.71. The molecule has 2 N–H and O–H groups in total. The highest BCUT2D eigenvalue weighted by Crippen LogP contribution is 2.30. The molecule has 0 saturated heterocycles. The Morgan fingerprint density at radius 3 is 2.18 bits per heavy atom. The van der Waals surface area contributed by atoms with E-state index < -0.39 is 0 Å². The van der Waals surface area contributed by atoms with Gasteiger partial charge in [0.2, 0.25) is 0 Å². The summed E-state index contributed by atoms with van der Waals surface area (Å²) < 4.78 is 10.5. The Kier molecular flexibility index (Phi) is 5.79. The van der Waals surface area contributed by atoms with Crippen molar-refractivity contribution in [1.82, 2.24) is 4.98 Å². The minimum absolute atomic E-state index is 0.300. The van der Waals surface area contributed by atoms with Gasteiger partial charge in [0.15, 0.2) is 11.5 Å². The number of amides is 1. The van der Waals surface area contributed by atoms with Crippen molar-refractivity contribution >= 4 is 23.0 Å². The Balaban J connectivity index is 1.72. The van der Waals surface area contributed by atoms with Gasteiger partial charge in [-0.25, -0.2) is 4.98 Å². The van der Waals surface area contributed by atoms with E-state index >= 15 is 0 Å². The molecule has 1 amide bonds. The molecule has 1 heterocycles. The molecule has 0 saturated carbocycles. The van der Waals surface area contributed by atoms with Gasteiger partial charge in [-0.3, -0.25) is 4.79 Å². The van der Waals surface area contributed by atoms with Gasteiger partial charge in [0.05, 0.1) is 26.1 Å². The Hall–Kier alpha value is -3.54. The fourth-order valence-electron chi connectivity index (χ4n) is 2.87. The number of aryl methyl sites for hydroxylation is 2. The smallest absolute Gasteiger partial charge is 0.274 e. The number of nitrogens with one attached hydrogen (secondary N) is 2. The van der Waals surface area contributed by atoms with E-state index in [1.54, 1.807) is 44.7 Å². The molecule has 0 aliphatic heterocycles. The third kappa shape index (κ3) is 4.23. The van der Waals surface area contributed by atoms with Crippen molar-refractivity contribution in [2.75, 3.05) is 24.9 Å². The van der Waals surface area contributed by atoms with Crippen LogP contribution in [0.25, 0.3) is 0 Å². The molecule has 3 rings (SSSR count). The number of rotatable bonds is 6. The lowest BCUT2D eigenvalue weighted by Crippen LogP contribution is -2.13. The standard InChI is InChI=1S/C22H23N3O3/c1-14-6-5-7-15(2)21(14)24-17-8-10-18(23-13-17)22(26)25-16-9-11-19(27-3)20(12-16)28-4/h5-13,24H,1-4H3,(H,25,26). The Labute approximate surface area is 164 Å². The van der Waals surface area contributed by atoms with Crippen molar-refractivity contribution in [1.29, 1.82) is 0 Å². The second-order valence-electron chi connectivity index (χ2n) is 6.35. The van der Waals surface area contributed by atoms with E-state index in [0.29, 0.717) is 22.9 Å². The number of aromatic nitrogens is 1. The molecule has 0 atom stereocenters. The summed E-state index contributed by atoms with van der Waals surface area (Å²) in [5, 5.41) is 6.17. The number of hydrogen-bond donors (Lipinski definition) is 2. The molecule has 1 aromatic heterocycles. The highest BCUT2D eigenvalue weighted by Gasteiger charge is 2.11. The lowest BCUT2D eigenvalue weighted by molar-refractivity contribution is 0.102. The average molecular weight is 377 g/mol. The zero-order valence-electron chi connectivity index (χ0n) is 16.4. The van der Waals surface area contributed by atoms with Crippen molar-refractivity contribution in [2.45, 2.75) is 13.8 Å². The van der Waals surface area contributed by atoms with Crippen LogP contribution in [-0.2, 0) is 0 Å². The zero-order valence-corrected chi connectivity index (χ0v) is 16.4. The molecular weight excluding hydrogens is 354 g/mol. The van der Waals surface area contributed by atoms with Gasteiger partial charge in [-0.1, -0.05) is 18.2 Å². The molecule has 0 spiro atoms. The van der Waals surface area contributed by atoms with E-state index in [2.05, 4.69) is 15.6 Å². The number of para-hydroxylation sites is 1. The van der Waals surface area contributed by atoms with E-state index in [-0.39, 0.29) is 5.91 Å². The summed E-state index contributed by atoms with van der Waals surface area (Å²) in [7, 11) is 3.11. The van der Waals surface area contributed by atoms with Crippen LogP contribution in [0.5, 0.6) is 11.5 Å². The van der Waals surface area contributed by atoms with Crippen molar-refractivity contribution in [3.8, 4) is 11.5 Å². The Morgan fingerprint density at radius 1 is 0.893 bits per heavy atom. The first-order valence-corrected chi connectivity index (χ1v) is 8.84. The van der Waals surface area contributed by atoms with Crippen molar-refractivity contribution < 1.29 is 14.3 Å². The van der Waals surface area contributed by atoms with Crippen LogP contribution in [0.2, 0.25) is 0 Å². The van der Waals surface area contributed by atoms with E-state index in [1.807, 2.05) is 38.1 Å². The normalized spacial score (nSPS) is 10.3. The summed E-state index contributed by atoms with van der Waals surface area (Å²) in [6.45, 7) is 4.10. The molecule has 0 unspecified atom stereocenters. The Morgan fingerprint density at radius 2 is 1.57 bits per heavy atom. The molecule has 0 aliphatic rings. The Bertz CT molecular complexity index is 965. The number of pyridine rings is 1. The molecule has 28 heavy (non-hydrogen) atoms.